The Morgan fingerprint density at radius 2 is 2.13 bits per heavy atom. The lowest BCUT2D eigenvalue weighted by Gasteiger charge is -2.27. The highest BCUT2D eigenvalue weighted by molar-refractivity contribution is 5.61. The molecular formula is C20H22F3N7O. The molecule has 11 heteroatoms. The van der Waals surface area contributed by atoms with Gasteiger partial charge in [-0.3, -0.25) is 0 Å². The van der Waals surface area contributed by atoms with Crippen molar-refractivity contribution in [3.8, 4) is 17.1 Å². The van der Waals surface area contributed by atoms with E-state index in [9.17, 15) is 13.2 Å². The molecule has 1 saturated carbocycles. The fourth-order valence-corrected chi connectivity index (χ4v) is 3.70. The van der Waals surface area contributed by atoms with Crippen LogP contribution in [0.25, 0.3) is 17.0 Å². The number of alkyl halides is 3. The van der Waals surface area contributed by atoms with E-state index < -0.39 is 25.2 Å². The van der Waals surface area contributed by atoms with Crippen LogP contribution in [-0.4, -0.2) is 62.9 Å². The molecule has 0 radical (unpaired) electrons. The van der Waals surface area contributed by atoms with E-state index in [1.165, 1.54) is 0 Å². The number of aromatic nitrogens is 5. The second-order valence-electron chi connectivity index (χ2n) is 7.81. The number of hydrogen-bond acceptors (Lipinski definition) is 7. The Balaban J connectivity index is 1.45. The van der Waals surface area contributed by atoms with Gasteiger partial charge in [-0.2, -0.15) is 5.10 Å². The summed E-state index contributed by atoms with van der Waals surface area (Å²) in [5.74, 6) is 0.856. The molecule has 8 nitrogen and oxygen atoms in total. The largest absolute Gasteiger partial charge is 0.485 e. The molecule has 5 rings (SSSR count). The second-order valence-corrected chi connectivity index (χ2v) is 7.81. The smallest absolute Gasteiger partial charge is 0.272 e. The van der Waals surface area contributed by atoms with Crippen molar-refractivity contribution in [1.82, 2.24) is 29.9 Å². The first-order chi connectivity index (χ1) is 15.1. The first-order valence-electron chi connectivity index (χ1n) is 10.3. The van der Waals surface area contributed by atoms with Crippen LogP contribution in [0, 0.1) is 0 Å². The van der Waals surface area contributed by atoms with Gasteiger partial charge in [0.15, 0.2) is 5.65 Å². The molecule has 164 valence electrons. The van der Waals surface area contributed by atoms with Crippen LogP contribution in [0.5, 0.6) is 5.75 Å². The van der Waals surface area contributed by atoms with Crippen LogP contribution in [0.15, 0.2) is 24.5 Å². The molecule has 2 N–H and O–H groups in total. The maximum Gasteiger partial charge on any atom is 0.272 e. The van der Waals surface area contributed by atoms with Gasteiger partial charge in [0, 0.05) is 24.7 Å². The lowest BCUT2D eigenvalue weighted by Crippen LogP contribution is -2.46. The van der Waals surface area contributed by atoms with E-state index >= 15 is 0 Å². The number of rotatable bonds is 7. The summed E-state index contributed by atoms with van der Waals surface area (Å²) in [4.78, 5) is 13.1. The third-order valence-electron chi connectivity index (χ3n) is 5.44. The standard InChI is InChI=1S/C20H22F3N7O/c21-12-3-5-24-8-14(12)28-20-25-6-4-13(27-20)15-9-26-18-7-16(31-10-17(22)23)19(11-1-2-11)29-30(15)18/h4,6-7,9,11-12,14,17,24H,1-3,5,8,10H2,(H,25,27,28). The summed E-state index contributed by atoms with van der Waals surface area (Å²) in [6.45, 7) is 0.468. The van der Waals surface area contributed by atoms with Crippen molar-refractivity contribution in [3.63, 3.8) is 0 Å². The lowest BCUT2D eigenvalue weighted by atomic mass is 10.1. The second kappa shape index (κ2) is 8.29. The van der Waals surface area contributed by atoms with Gasteiger partial charge in [-0.05, 0) is 31.9 Å². The molecule has 0 spiro atoms. The molecule has 0 bridgehead atoms. The van der Waals surface area contributed by atoms with Crippen LogP contribution in [0.3, 0.4) is 0 Å². The zero-order chi connectivity index (χ0) is 21.4. The molecule has 31 heavy (non-hydrogen) atoms. The number of hydrogen-bond donors (Lipinski definition) is 2. The minimum absolute atomic E-state index is 0.190. The van der Waals surface area contributed by atoms with Gasteiger partial charge < -0.3 is 15.4 Å². The minimum Gasteiger partial charge on any atom is -0.485 e. The van der Waals surface area contributed by atoms with Crippen LogP contribution < -0.4 is 15.4 Å². The van der Waals surface area contributed by atoms with Crippen LogP contribution in [-0.2, 0) is 0 Å². The number of nitrogens with one attached hydrogen (secondary N) is 2. The summed E-state index contributed by atoms with van der Waals surface area (Å²) >= 11 is 0. The van der Waals surface area contributed by atoms with E-state index in [4.69, 9.17) is 4.74 Å². The SMILES string of the molecule is FC(F)COc1cc2ncc(-c3ccnc(NC4CNCCC4F)n3)n2nc1C1CC1. The summed E-state index contributed by atoms with van der Waals surface area (Å²) in [7, 11) is 0. The van der Waals surface area contributed by atoms with Crippen molar-refractivity contribution in [2.75, 3.05) is 25.0 Å². The summed E-state index contributed by atoms with van der Waals surface area (Å²) in [5.41, 5.74) is 2.31. The third kappa shape index (κ3) is 4.27. The summed E-state index contributed by atoms with van der Waals surface area (Å²) in [6, 6.07) is 2.95. The number of imidazole rings is 1. The maximum absolute atomic E-state index is 14.2. The number of halogens is 3. The first-order valence-corrected chi connectivity index (χ1v) is 10.3. The summed E-state index contributed by atoms with van der Waals surface area (Å²) in [5, 5.41) is 10.9. The number of fused-ring (bicyclic) bond motifs is 1. The molecule has 0 aromatic carbocycles. The van der Waals surface area contributed by atoms with Crippen molar-refractivity contribution in [2.24, 2.45) is 0 Å². The van der Waals surface area contributed by atoms with Gasteiger partial charge >= 0.3 is 0 Å². The van der Waals surface area contributed by atoms with Gasteiger partial charge in [0.05, 0.1) is 17.9 Å². The molecule has 0 amide bonds. The molecule has 2 atom stereocenters. The average molecular weight is 433 g/mol. The minimum atomic E-state index is -2.56. The van der Waals surface area contributed by atoms with Crippen LogP contribution >= 0.6 is 0 Å². The Kier molecular flexibility index (Phi) is 5.34. The summed E-state index contributed by atoms with van der Waals surface area (Å²) in [6.07, 6.45) is 1.99. The van der Waals surface area contributed by atoms with Gasteiger partial charge in [0.1, 0.15) is 29.9 Å². The molecule has 3 aromatic rings. The Labute approximate surface area is 176 Å². The summed E-state index contributed by atoms with van der Waals surface area (Å²) < 4.78 is 46.3. The van der Waals surface area contributed by atoms with Gasteiger partial charge in [-0.15, -0.1) is 0 Å². The predicted molar refractivity (Wildman–Crippen MR) is 107 cm³/mol. The molecule has 4 heterocycles. The zero-order valence-electron chi connectivity index (χ0n) is 16.6. The average Bonchev–Trinajstić information content (AvgIpc) is 3.53. The number of anilines is 1. The maximum atomic E-state index is 14.2. The first kappa shape index (κ1) is 20.0. The van der Waals surface area contributed by atoms with Crippen molar-refractivity contribution in [1.29, 1.82) is 0 Å². The van der Waals surface area contributed by atoms with Crippen molar-refractivity contribution in [3.05, 3.63) is 30.2 Å². The highest BCUT2D eigenvalue weighted by Gasteiger charge is 2.30. The van der Waals surface area contributed by atoms with Gasteiger partial charge in [-0.1, -0.05) is 0 Å². The van der Waals surface area contributed by atoms with Crippen molar-refractivity contribution >= 4 is 11.6 Å². The predicted octanol–water partition coefficient (Wildman–Crippen LogP) is 2.82. The van der Waals surface area contributed by atoms with Crippen LogP contribution in [0.4, 0.5) is 19.1 Å². The van der Waals surface area contributed by atoms with Gasteiger partial charge in [0.2, 0.25) is 5.95 Å². The molecule has 1 aliphatic heterocycles. The Morgan fingerprint density at radius 1 is 1.26 bits per heavy atom. The Bertz CT molecular complexity index is 1070. The highest BCUT2D eigenvalue weighted by Crippen LogP contribution is 2.43. The van der Waals surface area contributed by atoms with E-state index in [0.717, 1.165) is 12.8 Å². The Morgan fingerprint density at radius 3 is 2.90 bits per heavy atom. The molecule has 2 unspecified atom stereocenters. The van der Waals surface area contributed by atoms with Gasteiger partial charge in [-0.25, -0.2) is 32.6 Å². The molecule has 2 aliphatic rings. The third-order valence-corrected chi connectivity index (χ3v) is 5.44. The number of piperidine rings is 1. The highest BCUT2D eigenvalue weighted by atomic mass is 19.3. The van der Waals surface area contributed by atoms with E-state index in [2.05, 4.69) is 30.7 Å². The van der Waals surface area contributed by atoms with Crippen molar-refractivity contribution in [2.45, 2.75) is 43.8 Å². The molecular weight excluding hydrogens is 411 g/mol. The van der Waals surface area contributed by atoms with Crippen molar-refractivity contribution < 1.29 is 17.9 Å². The fraction of sp³-hybridized carbons (Fsp3) is 0.500. The van der Waals surface area contributed by atoms with Gasteiger partial charge in [0.25, 0.3) is 6.43 Å². The lowest BCUT2D eigenvalue weighted by molar-refractivity contribution is 0.0811. The van der Waals surface area contributed by atoms with E-state index in [1.807, 2.05) is 0 Å². The van der Waals surface area contributed by atoms with Crippen LogP contribution in [0.1, 0.15) is 30.9 Å². The van der Waals surface area contributed by atoms with E-state index in [0.29, 0.717) is 53.9 Å². The Hall–Kier alpha value is -2.95. The normalized spacial score (nSPS) is 21.5. The molecule has 2 fully saturated rings. The topological polar surface area (TPSA) is 89.3 Å². The van der Waals surface area contributed by atoms with E-state index in [1.54, 1.807) is 29.0 Å². The monoisotopic (exact) mass is 433 g/mol. The van der Waals surface area contributed by atoms with Crippen LogP contribution in [0.2, 0.25) is 0 Å². The quantitative estimate of drug-likeness (QED) is 0.592. The fourth-order valence-electron chi connectivity index (χ4n) is 3.70. The molecule has 1 saturated heterocycles. The zero-order valence-corrected chi connectivity index (χ0v) is 16.6. The number of nitrogens with zero attached hydrogens (tertiary/aromatic N) is 5. The number of ether oxygens (including phenoxy) is 1. The molecule has 1 aliphatic carbocycles. The van der Waals surface area contributed by atoms with E-state index in [-0.39, 0.29) is 5.92 Å². The molecule has 3 aromatic heterocycles.